The Hall–Kier alpha value is -1.25. The lowest BCUT2D eigenvalue weighted by atomic mass is 10.2. The van der Waals surface area contributed by atoms with Crippen LogP contribution in [0.25, 0.3) is 5.69 Å². The van der Waals surface area contributed by atoms with Crippen molar-refractivity contribution >= 4 is 48.9 Å². The van der Waals surface area contributed by atoms with Crippen molar-refractivity contribution in [1.82, 2.24) is 20.2 Å². The largest absolute Gasteiger partial charge is 0.380 e. The van der Waals surface area contributed by atoms with Crippen LogP contribution >= 0.6 is 43.2 Å². The summed E-state index contributed by atoms with van der Waals surface area (Å²) < 4.78 is 3.87. The van der Waals surface area contributed by atoms with Gasteiger partial charge in [-0.15, -0.1) is 16.4 Å². The van der Waals surface area contributed by atoms with Crippen LogP contribution in [0, 0.1) is 6.92 Å². The Labute approximate surface area is 142 Å². The van der Waals surface area contributed by atoms with Gasteiger partial charge in [-0.05, 0) is 79.0 Å². The molecule has 3 rings (SSSR count). The van der Waals surface area contributed by atoms with E-state index in [0.717, 1.165) is 31.7 Å². The molecule has 21 heavy (non-hydrogen) atoms. The standard InChI is InChI=1S/C13H11Br2N5S/c1-8-4-9(2-3-12(8)20-7-17-18-19-20)16-6-10-5-11(14)13(15)21-10/h2-5,7,16H,6H2,1H3. The van der Waals surface area contributed by atoms with Crippen LogP contribution in [-0.4, -0.2) is 20.2 Å². The van der Waals surface area contributed by atoms with Gasteiger partial charge in [-0.2, -0.15) is 0 Å². The molecule has 2 aromatic heterocycles. The van der Waals surface area contributed by atoms with Gasteiger partial charge in [0.1, 0.15) is 6.33 Å². The van der Waals surface area contributed by atoms with Crippen molar-refractivity contribution in [2.24, 2.45) is 0 Å². The number of hydrogen-bond acceptors (Lipinski definition) is 5. The Morgan fingerprint density at radius 1 is 1.29 bits per heavy atom. The molecule has 0 aliphatic heterocycles. The van der Waals surface area contributed by atoms with Crippen LogP contribution < -0.4 is 5.32 Å². The number of anilines is 1. The minimum Gasteiger partial charge on any atom is -0.380 e. The second kappa shape index (κ2) is 6.25. The fourth-order valence-electron chi connectivity index (χ4n) is 1.96. The van der Waals surface area contributed by atoms with Crippen molar-refractivity contribution in [1.29, 1.82) is 0 Å². The Kier molecular flexibility index (Phi) is 4.37. The first-order chi connectivity index (χ1) is 10.1. The van der Waals surface area contributed by atoms with E-state index in [2.05, 4.69) is 64.8 Å². The minimum atomic E-state index is 0.790. The molecule has 108 valence electrons. The number of hydrogen-bond donors (Lipinski definition) is 1. The van der Waals surface area contributed by atoms with Crippen LogP contribution in [-0.2, 0) is 6.54 Å². The third-order valence-corrected chi connectivity index (χ3v) is 6.21. The summed E-state index contributed by atoms with van der Waals surface area (Å²) in [6.07, 6.45) is 1.59. The van der Waals surface area contributed by atoms with Gasteiger partial charge in [0.15, 0.2) is 0 Å². The molecule has 0 atom stereocenters. The van der Waals surface area contributed by atoms with E-state index in [0.29, 0.717) is 0 Å². The molecular formula is C13H11Br2N5S. The zero-order chi connectivity index (χ0) is 14.8. The highest BCUT2D eigenvalue weighted by Crippen LogP contribution is 2.32. The SMILES string of the molecule is Cc1cc(NCc2cc(Br)c(Br)s2)ccc1-n1cnnn1. The van der Waals surface area contributed by atoms with Crippen molar-refractivity contribution < 1.29 is 0 Å². The molecule has 0 bridgehead atoms. The van der Waals surface area contributed by atoms with E-state index in [1.54, 1.807) is 22.3 Å². The van der Waals surface area contributed by atoms with Crippen LogP contribution in [0.1, 0.15) is 10.4 Å². The van der Waals surface area contributed by atoms with Crippen molar-refractivity contribution in [3.63, 3.8) is 0 Å². The highest BCUT2D eigenvalue weighted by atomic mass is 79.9. The predicted octanol–water partition coefficient (Wildman–Crippen LogP) is 4.17. The number of halogens is 2. The molecule has 0 radical (unpaired) electrons. The Bertz CT molecular complexity index is 735. The van der Waals surface area contributed by atoms with Crippen LogP contribution in [0.2, 0.25) is 0 Å². The summed E-state index contributed by atoms with van der Waals surface area (Å²) in [5, 5.41) is 14.6. The number of rotatable bonds is 4. The molecule has 1 N–H and O–H groups in total. The lowest BCUT2D eigenvalue weighted by Crippen LogP contribution is -2.01. The fourth-order valence-corrected chi connectivity index (χ4v) is 4.08. The van der Waals surface area contributed by atoms with Gasteiger partial charge in [0.25, 0.3) is 0 Å². The first-order valence-electron chi connectivity index (χ1n) is 6.15. The Morgan fingerprint density at radius 2 is 2.14 bits per heavy atom. The highest BCUT2D eigenvalue weighted by Gasteiger charge is 2.06. The molecule has 0 unspecified atom stereocenters. The van der Waals surface area contributed by atoms with Gasteiger partial charge in [0.05, 0.1) is 9.47 Å². The lowest BCUT2D eigenvalue weighted by Gasteiger charge is -2.09. The summed E-state index contributed by atoms with van der Waals surface area (Å²) in [6, 6.07) is 8.24. The number of thiophene rings is 1. The van der Waals surface area contributed by atoms with Gasteiger partial charge >= 0.3 is 0 Å². The number of aryl methyl sites for hydroxylation is 1. The maximum absolute atomic E-state index is 3.91. The third kappa shape index (κ3) is 3.33. The summed E-state index contributed by atoms with van der Waals surface area (Å²) in [7, 11) is 0. The second-order valence-electron chi connectivity index (χ2n) is 4.44. The van der Waals surface area contributed by atoms with Crippen LogP contribution in [0.15, 0.2) is 38.9 Å². The number of nitrogens with zero attached hydrogens (tertiary/aromatic N) is 4. The van der Waals surface area contributed by atoms with E-state index < -0.39 is 0 Å². The smallest absolute Gasteiger partial charge is 0.143 e. The molecule has 0 saturated heterocycles. The molecule has 0 aliphatic rings. The third-order valence-electron chi connectivity index (χ3n) is 2.96. The molecule has 8 heteroatoms. The normalized spacial score (nSPS) is 10.8. The highest BCUT2D eigenvalue weighted by molar-refractivity contribution is 9.13. The van der Waals surface area contributed by atoms with Gasteiger partial charge in [0.2, 0.25) is 0 Å². The second-order valence-corrected chi connectivity index (χ2v) is 7.75. The average molecular weight is 429 g/mol. The maximum Gasteiger partial charge on any atom is 0.143 e. The zero-order valence-electron chi connectivity index (χ0n) is 11.0. The summed E-state index contributed by atoms with van der Waals surface area (Å²) in [5.74, 6) is 0. The molecule has 5 nitrogen and oxygen atoms in total. The van der Waals surface area contributed by atoms with E-state index in [4.69, 9.17) is 0 Å². The molecule has 0 amide bonds. The molecule has 0 saturated carbocycles. The van der Waals surface area contributed by atoms with Gasteiger partial charge < -0.3 is 5.32 Å². The van der Waals surface area contributed by atoms with E-state index in [-0.39, 0.29) is 0 Å². The summed E-state index contributed by atoms with van der Waals surface area (Å²) in [6.45, 7) is 2.83. The minimum absolute atomic E-state index is 0.790. The van der Waals surface area contributed by atoms with E-state index in [1.807, 2.05) is 19.1 Å². The number of benzene rings is 1. The van der Waals surface area contributed by atoms with Gasteiger partial charge in [0, 0.05) is 21.6 Å². The Morgan fingerprint density at radius 3 is 2.76 bits per heavy atom. The molecule has 1 aromatic carbocycles. The van der Waals surface area contributed by atoms with Crippen molar-refractivity contribution in [3.8, 4) is 5.69 Å². The number of nitrogens with one attached hydrogen (secondary N) is 1. The molecule has 0 aliphatic carbocycles. The number of aromatic nitrogens is 4. The van der Waals surface area contributed by atoms with E-state index >= 15 is 0 Å². The van der Waals surface area contributed by atoms with E-state index in [9.17, 15) is 0 Å². The van der Waals surface area contributed by atoms with Crippen LogP contribution in [0.3, 0.4) is 0 Å². The average Bonchev–Trinajstić information content (AvgIpc) is 3.08. The lowest BCUT2D eigenvalue weighted by molar-refractivity contribution is 0.785. The molecule has 0 spiro atoms. The topological polar surface area (TPSA) is 55.6 Å². The van der Waals surface area contributed by atoms with E-state index in [1.165, 1.54) is 4.88 Å². The van der Waals surface area contributed by atoms with Gasteiger partial charge in [-0.3, -0.25) is 0 Å². The summed E-state index contributed by atoms with van der Waals surface area (Å²) in [4.78, 5) is 1.26. The summed E-state index contributed by atoms with van der Waals surface area (Å²) >= 11 is 8.72. The summed E-state index contributed by atoms with van der Waals surface area (Å²) in [5.41, 5.74) is 3.16. The molecular weight excluding hydrogens is 418 g/mol. The first kappa shape index (κ1) is 14.7. The number of tetrazole rings is 1. The molecule has 0 fully saturated rings. The molecule has 3 aromatic rings. The predicted molar refractivity (Wildman–Crippen MR) is 90.9 cm³/mol. The monoisotopic (exact) mass is 427 g/mol. The van der Waals surface area contributed by atoms with Gasteiger partial charge in [-0.25, -0.2) is 4.68 Å². The van der Waals surface area contributed by atoms with Crippen molar-refractivity contribution in [3.05, 3.63) is 49.3 Å². The Balaban J connectivity index is 1.73. The zero-order valence-corrected chi connectivity index (χ0v) is 15.0. The van der Waals surface area contributed by atoms with Crippen LogP contribution in [0.5, 0.6) is 0 Å². The first-order valence-corrected chi connectivity index (χ1v) is 8.55. The van der Waals surface area contributed by atoms with Gasteiger partial charge in [-0.1, -0.05) is 0 Å². The molecule has 2 heterocycles. The fraction of sp³-hybridized carbons (Fsp3) is 0.154. The van der Waals surface area contributed by atoms with Crippen molar-refractivity contribution in [2.45, 2.75) is 13.5 Å². The van der Waals surface area contributed by atoms with Crippen molar-refractivity contribution in [2.75, 3.05) is 5.32 Å². The van der Waals surface area contributed by atoms with Crippen LogP contribution in [0.4, 0.5) is 5.69 Å². The maximum atomic E-state index is 3.91. The quantitative estimate of drug-likeness (QED) is 0.677.